The Morgan fingerprint density at radius 3 is 2.45 bits per heavy atom. The Bertz CT molecular complexity index is 799. The van der Waals surface area contributed by atoms with Crippen molar-refractivity contribution in [2.45, 2.75) is 25.3 Å². The van der Waals surface area contributed by atoms with Crippen LogP contribution in [0.5, 0.6) is 0 Å². The molecule has 0 unspecified atom stereocenters. The van der Waals surface area contributed by atoms with Crippen LogP contribution in [0.25, 0.3) is 0 Å². The Labute approximate surface area is 169 Å². The molecule has 2 heterocycles. The number of para-hydroxylation sites is 1. The number of carbonyl (C=O) groups is 3. The summed E-state index contributed by atoms with van der Waals surface area (Å²) in [7, 11) is 0. The summed E-state index contributed by atoms with van der Waals surface area (Å²) in [6.07, 6.45) is 3.23. The number of likely N-dealkylation sites (tertiary alicyclic amines) is 1. The van der Waals surface area contributed by atoms with Crippen molar-refractivity contribution in [3.05, 3.63) is 54.5 Å². The van der Waals surface area contributed by atoms with Gasteiger partial charge < -0.3 is 20.4 Å². The van der Waals surface area contributed by atoms with Crippen molar-refractivity contribution >= 4 is 23.4 Å². The van der Waals surface area contributed by atoms with Crippen LogP contribution < -0.4 is 16.0 Å². The first kappa shape index (κ1) is 20.6. The van der Waals surface area contributed by atoms with E-state index in [1.54, 1.807) is 12.1 Å². The standard InChI is InChI=1S/C21H26N4O4/c26-19(8-11-22-21(28)18-7-4-14-29-18)23-17-9-12-25(13-10-17)15-20(27)24-16-5-2-1-3-6-16/h1-7,14,17H,8-13,15H2,(H,22,28)(H,23,26)(H,24,27). The predicted molar refractivity (Wildman–Crippen MR) is 108 cm³/mol. The van der Waals surface area contributed by atoms with Gasteiger partial charge in [0.15, 0.2) is 5.76 Å². The maximum atomic E-state index is 12.1. The molecule has 1 fully saturated rings. The third-order valence-corrected chi connectivity index (χ3v) is 4.76. The normalized spacial score (nSPS) is 14.9. The van der Waals surface area contributed by atoms with Gasteiger partial charge in [0, 0.05) is 37.8 Å². The summed E-state index contributed by atoms with van der Waals surface area (Å²) in [6.45, 7) is 2.10. The van der Waals surface area contributed by atoms with Crippen molar-refractivity contribution in [3.63, 3.8) is 0 Å². The van der Waals surface area contributed by atoms with Crippen LogP contribution in [0, 0.1) is 0 Å². The van der Waals surface area contributed by atoms with Crippen LogP contribution in [0.15, 0.2) is 53.1 Å². The van der Waals surface area contributed by atoms with Gasteiger partial charge in [-0.3, -0.25) is 19.3 Å². The topological polar surface area (TPSA) is 104 Å². The molecule has 154 valence electrons. The third-order valence-electron chi connectivity index (χ3n) is 4.76. The van der Waals surface area contributed by atoms with E-state index >= 15 is 0 Å². The zero-order valence-corrected chi connectivity index (χ0v) is 16.2. The Morgan fingerprint density at radius 2 is 1.76 bits per heavy atom. The van der Waals surface area contributed by atoms with Crippen molar-refractivity contribution in [1.82, 2.24) is 15.5 Å². The van der Waals surface area contributed by atoms with Gasteiger partial charge in [-0.25, -0.2) is 0 Å². The minimum Gasteiger partial charge on any atom is -0.459 e. The van der Waals surface area contributed by atoms with Gasteiger partial charge in [0.1, 0.15) is 0 Å². The number of piperidine rings is 1. The minimum atomic E-state index is -0.329. The van der Waals surface area contributed by atoms with Crippen LogP contribution in [0.3, 0.4) is 0 Å². The highest BCUT2D eigenvalue weighted by Crippen LogP contribution is 2.11. The molecule has 29 heavy (non-hydrogen) atoms. The van der Waals surface area contributed by atoms with Gasteiger partial charge in [-0.1, -0.05) is 18.2 Å². The number of furan rings is 1. The van der Waals surface area contributed by atoms with Crippen molar-refractivity contribution in [2.75, 3.05) is 31.5 Å². The quantitative estimate of drug-likeness (QED) is 0.627. The Hall–Kier alpha value is -3.13. The molecule has 0 bridgehead atoms. The number of rotatable bonds is 8. The molecule has 1 aromatic heterocycles. The van der Waals surface area contributed by atoms with Crippen LogP contribution in [0.2, 0.25) is 0 Å². The maximum Gasteiger partial charge on any atom is 0.286 e. The lowest BCUT2D eigenvalue weighted by molar-refractivity contribution is -0.122. The molecule has 0 radical (unpaired) electrons. The van der Waals surface area contributed by atoms with Gasteiger partial charge in [0.2, 0.25) is 11.8 Å². The second kappa shape index (κ2) is 10.4. The third kappa shape index (κ3) is 6.76. The lowest BCUT2D eigenvalue weighted by atomic mass is 10.0. The van der Waals surface area contributed by atoms with E-state index < -0.39 is 0 Å². The predicted octanol–water partition coefficient (Wildman–Crippen LogP) is 1.62. The largest absolute Gasteiger partial charge is 0.459 e. The first-order chi connectivity index (χ1) is 14.1. The lowest BCUT2D eigenvalue weighted by Crippen LogP contribution is -2.47. The van der Waals surface area contributed by atoms with Gasteiger partial charge in [0.05, 0.1) is 12.8 Å². The van der Waals surface area contributed by atoms with Crippen LogP contribution in [0.1, 0.15) is 29.8 Å². The molecule has 1 aliphatic heterocycles. The van der Waals surface area contributed by atoms with E-state index in [0.717, 1.165) is 31.6 Å². The number of amides is 3. The average molecular weight is 398 g/mol. The monoisotopic (exact) mass is 398 g/mol. The SMILES string of the molecule is O=C(CN1CCC(NC(=O)CCNC(=O)c2ccco2)CC1)Nc1ccccc1. The Balaban J connectivity index is 1.29. The van der Waals surface area contributed by atoms with E-state index in [4.69, 9.17) is 4.42 Å². The molecular weight excluding hydrogens is 372 g/mol. The molecule has 1 aromatic carbocycles. The van der Waals surface area contributed by atoms with Gasteiger partial charge in [-0.15, -0.1) is 0 Å². The summed E-state index contributed by atoms with van der Waals surface area (Å²) in [5.41, 5.74) is 0.791. The summed E-state index contributed by atoms with van der Waals surface area (Å²) in [5.74, 6) is -0.227. The molecule has 2 aromatic rings. The summed E-state index contributed by atoms with van der Waals surface area (Å²) in [5, 5.41) is 8.54. The van der Waals surface area contributed by atoms with Crippen molar-refractivity contribution in [3.8, 4) is 0 Å². The van der Waals surface area contributed by atoms with Gasteiger partial charge in [-0.2, -0.15) is 0 Å². The molecule has 1 aliphatic rings. The molecule has 0 saturated carbocycles. The van der Waals surface area contributed by atoms with E-state index in [1.807, 2.05) is 30.3 Å². The number of hydrogen-bond acceptors (Lipinski definition) is 5. The van der Waals surface area contributed by atoms with Gasteiger partial charge in [0.25, 0.3) is 5.91 Å². The number of benzene rings is 1. The smallest absolute Gasteiger partial charge is 0.286 e. The summed E-state index contributed by atoms with van der Waals surface area (Å²) >= 11 is 0. The Kier molecular flexibility index (Phi) is 7.40. The lowest BCUT2D eigenvalue weighted by Gasteiger charge is -2.31. The van der Waals surface area contributed by atoms with Crippen molar-refractivity contribution < 1.29 is 18.8 Å². The van der Waals surface area contributed by atoms with E-state index in [1.165, 1.54) is 6.26 Å². The van der Waals surface area contributed by atoms with Crippen molar-refractivity contribution in [1.29, 1.82) is 0 Å². The zero-order chi connectivity index (χ0) is 20.5. The first-order valence-corrected chi connectivity index (χ1v) is 9.78. The molecule has 8 heteroatoms. The highest BCUT2D eigenvalue weighted by Gasteiger charge is 2.22. The fraction of sp³-hybridized carbons (Fsp3) is 0.381. The molecule has 3 amide bonds. The molecular formula is C21H26N4O4. The van der Waals surface area contributed by atoms with Gasteiger partial charge in [-0.05, 0) is 37.1 Å². The summed E-state index contributed by atoms with van der Waals surface area (Å²) in [6, 6.07) is 12.7. The number of nitrogens with zero attached hydrogens (tertiary/aromatic N) is 1. The summed E-state index contributed by atoms with van der Waals surface area (Å²) in [4.78, 5) is 38.0. The first-order valence-electron chi connectivity index (χ1n) is 9.78. The summed E-state index contributed by atoms with van der Waals surface area (Å²) < 4.78 is 5.00. The number of hydrogen-bond donors (Lipinski definition) is 3. The minimum absolute atomic E-state index is 0.0361. The number of nitrogens with one attached hydrogen (secondary N) is 3. The van der Waals surface area contributed by atoms with Crippen LogP contribution in [0.4, 0.5) is 5.69 Å². The highest BCUT2D eigenvalue weighted by atomic mass is 16.3. The van der Waals surface area contributed by atoms with Crippen molar-refractivity contribution in [2.24, 2.45) is 0 Å². The van der Waals surface area contributed by atoms with E-state index in [9.17, 15) is 14.4 Å². The number of carbonyl (C=O) groups excluding carboxylic acids is 3. The molecule has 1 saturated heterocycles. The molecule has 3 N–H and O–H groups in total. The Morgan fingerprint density at radius 1 is 1.00 bits per heavy atom. The van der Waals surface area contributed by atoms with E-state index in [0.29, 0.717) is 6.54 Å². The zero-order valence-electron chi connectivity index (χ0n) is 16.2. The molecule has 8 nitrogen and oxygen atoms in total. The molecule has 0 atom stereocenters. The second-order valence-electron chi connectivity index (χ2n) is 7.02. The molecule has 0 aliphatic carbocycles. The van der Waals surface area contributed by atoms with E-state index in [-0.39, 0.29) is 42.5 Å². The fourth-order valence-electron chi connectivity index (χ4n) is 3.24. The average Bonchev–Trinajstić information content (AvgIpc) is 3.25. The maximum absolute atomic E-state index is 12.1. The van der Waals surface area contributed by atoms with E-state index in [2.05, 4.69) is 20.9 Å². The molecule has 3 rings (SSSR count). The fourth-order valence-corrected chi connectivity index (χ4v) is 3.24. The second-order valence-corrected chi connectivity index (χ2v) is 7.02. The van der Waals surface area contributed by atoms with Crippen LogP contribution >= 0.6 is 0 Å². The van der Waals surface area contributed by atoms with Gasteiger partial charge >= 0.3 is 0 Å². The molecule has 0 spiro atoms. The van der Waals surface area contributed by atoms with Crippen LogP contribution in [-0.2, 0) is 9.59 Å². The highest BCUT2D eigenvalue weighted by molar-refractivity contribution is 5.92. The number of anilines is 1. The van der Waals surface area contributed by atoms with Crippen LogP contribution in [-0.4, -0.2) is 54.8 Å².